The summed E-state index contributed by atoms with van der Waals surface area (Å²) in [5, 5.41) is 9.17. The zero-order chi connectivity index (χ0) is 11.5. The number of hydrogen-bond acceptors (Lipinski definition) is 2. The van der Waals surface area contributed by atoms with Crippen LogP contribution in [0.3, 0.4) is 0 Å². The Hall–Kier alpha value is -1.06. The smallest absolute Gasteiger partial charge is 0.118 e. The van der Waals surface area contributed by atoms with E-state index in [0.717, 1.165) is 18.7 Å². The number of aliphatic hydroxyl groups excluding tert-OH is 1. The number of methoxy groups -OCH3 is 1. The number of rotatable bonds is 3. The molecule has 1 aliphatic heterocycles. The SMILES string of the molecule is [CH2-][NH+]1CC(CO)CC1c1ccc(OC)cc1. The summed E-state index contributed by atoms with van der Waals surface area (Å²) in [6, 6.07) is 8.55. The van der Waals surface area contributed by atoms with Gasteiger partial charge in [0.2, 0.25) is 0 Å². The molecule has 88 valence electrons. The minimum Gasteiger partial charge on any atom is -0.497 e. The van der Waals surface area contributed by atoms with E-state index in [2.05, 4.69) is 19.2 Å². The van der Waals surface area contributed by atoms with E-state index in [0.29, 0.717) is 12.0 Å². The molecule has 1 aliphatic rings. The van der Waals surface area contributed by atoms with Gasteiger partial charge in [-0.1, -0.05) is 0 Å². The van der Waals surface area contributed by atoms with Crippen molar-refractivity contribution in [2.24, 2.45) is 5.92 Å². The van der Waals surface area contributed by atoms with Crippen molar-refractivity contribution < 1.29 is 14.7 Å². The molecule has 0 spiro atoms. The minimum atomic E-state index is 0.270. The Kier molecular flexibility index (Phi) is 3.46. The molecule has 1 aromatic carbocycles. The summed E-state index contributed by atoms with van der Waals surface area (Å²) in [6.45, 7) is 1.22. The second-order valence-electron chi connectivity index (χ2n) is 4.47. The van der Waals surface area contributed by atoms with Crippen molar-refractivity contribution in [1.82, 2.24) is 0 Å². The second-order valence-corrected chi connectivity index (χ2v) is 4.47. The highest BCUT2D eigenvalue weighted by atomic mass is 16.5. The summed E-state index contributed by atoms with van der Waals surface area (Å²) in [5.74, 6) is 1.27. The van der Waals surface area contributed by atoms with Gasteiger partial charge in [-0.25, -0.2) is 0 Å². The first-order chi connectivity index (χ1) is 7.74. The molecule has 0 aliphatic carbocycles. The zero-order valence-corrected chi connectivity index (χ0v) is 9.65. The fraction of sp³-hybridized carbons (Fsp3) is 0.462. The Morgan fingerprint density at radius 1 is 1.44 bits per heavy atom. The predicted molar refractivity (Wildman–Crippen MR) is 62.1 cm³/mol. The lowest BCUT2D eigenvalue weighted by Gasteiger charge is -2.23. The van der Waals surface area contributed by atoms with Crippen molar-refractivity contribution in [2.45, 2.75) is 12.5 Å². The van der Waals surface area contributed by atoms with Gasteiger partial charge in [-0.3, -0.25) is 0 Å². The fourth-order valence-corrected chi connectivity index (χ4v) is 2.44. The Labute approximate surface area is 96.6 Å². The van der Waals surface area contributed by atoms with Crippen molar-refractivity contribution in [1.29, 1.82) is 0 Å². The first kappa shape index (κ1) is 11.4. The lowest BCUT2D eigenvalue weighted by Crippen LogP contribution is -3.05. The third kappa shape index (κ3) is 2.20. The summed E-state index contributed by atoms with van der Waals surface area (Å²) < 4.78 is 5.14. The lowest BCUT2D eigenvalue weighted by molar-refractivity contribution is -0.874. The van der Waals surface area contributed by atoms with Gasteiger partial charge < -0.3 is 14.7 Å². The molecule has 16 heavy (non-hydrogen) atoms. The number of ether oxygens (including phenoxy) is 1. The number of benzene rings is 1. The van der Waals surface area contributed by atoms with E-state index in [4.69, 9.17) is 9.84 Å². The van der Waals surface area contributed by atoms with Gasteiger partial charge in [-0.2, -0.15) is 7.05 Å². The topological polar surface area (TPSA) is 33.9 Å². The van der Waals surface area contributed by atoms with E-state index in [1.54, 1.807) is 7.11 Å². The van der Waals surface area contributed by atoms with Gasteiger partial charge in [0, 0.05) is 17.9 Å². The summed E-state index contributed by atoms with van der Waals surface area (Å²) in [4.78, 5) is 1.24. The molecule has 2 rings (SSSR count). The molecule has 3 nitrogen and oxygen atoms in total. The number of quaternary nitrogens is 1. The molecule has 3 heteroatoms. The summed E-state index contributed by atoms with van der Waals surface area (Å²) in [6.07, 6.45) is 1.02. The van der Waals surface area contributed by atoms with Crippen LogP contribution in [0.1, 0.15) is 18.0 Å². The normalized spacial score (nSPS) is 29.3. The Morgan fingerprint density at radius 3 is 2.62 bits per heavy atom. The van der Waals surface area contributed by atoms with Crippen LogP contribution in [0.15, 0.2) is 24.3 Å². The van der Waals surface area contributed by atoms with Crippen LogP contribution in [0.25, 0.3) is 0 Å². The van der Waals surface area contributed by atoms with E-state index in [-0.39, 0.29) is 6.61 Å². The standard InChI is InChI=1S/C13H19NO2/c1-14-8-10(9-15)7-13(14)11-3-5-12(16-2)6-4-11/h3-6,10,13-15H,1,7-9H2,2H3. The van der Waals surface area contributed by atoms with Gasteiger partial charge in [-0.15, -0.1) is 0 Å². The van der Waals surface area contributed by atoms with Crippen LogP contribution in [0.5, 0.6) is 5.75 Å². The zero-order valence-electron chi connectivity index (χ0n) is 9.65. The molecule has 0 radical (unpaired) electrons. The minimum absolute atomic E-state index is 0.270. The number of likely N-dealkylation sites (tertiary alicyclic amines) is 1. The quantitative estimate of drug-likeness (QED) is 0.726. The van der Waals surface area contributed by atoms with E-state index in [1.807, 2.05) is 12.1 Å². The second kappa shape index (κ2) is 4.85. The summed E-state index contributed by atoms with van der Waals surface area (Å²) >= 11 is 0. The van der Waals surface area contributed by atoms with Crippen molar-refractivity contribution >= 4 is 0 Å². The maximum absolute atomic E-state index is 9.17. The molecule has 0 aromatic heterocycles. The van der Waals surface area contributed by atoms with Gasteiger partial charge >= 0.3 is 0 Å². The molecule has 1 aromatic rings. The van der Waals surface area contributed by atoms with E-state index in [1.165, 1.54) is 10.5 Å². The highest BCUT2D eigenvalue weighted by molar-refractivity contribution is 5.28. The first-order valence-electron chi connectivity index (χ1n) is 5.67. The van der Waals surface area contributed by atoms with Crippen LogP contribution in [0.4, 0.5) is 0 Å². The van der Waals surface area contributed by atoms with Crippen LogP contribution >= 0.6 is 0 Å². The monoisotopic (exact) mass is 221 g/mol. The molecule has 0 amide bonds. The highest BCUT2D eigenvalue weighted by Crippen LogP contribution is 2.24. The lowest BCUT2D eigenvalue weighted by atomic mass is 10.0. The molecule has 1 heterocycles. The fourth-order valence-electron chi connectivity index (χ4n) is 2.44. The van der Waals surface area contributed by atoms with Crippen molar-refractivity contribution in [3.8, 4) is 5.75 Å². The van der Waals surface area contributed by atoms with Crippen LogP contribution < -0.4 is 9.64 Å². The molecule has 3 atom stereocenters. The van der Waals surface area contributed by atoms with Crippen LogP contribution in [-0.4, -0.2) is 25.4 Å². The maximum Gasteiger partial charge on any atom is 0.118 e. The van der Waals surface area contributed by atoms with Gasteiger partial charge in [0.25, 0.3) is 0 Å². The van der Waals surface area contributed by atoms with Crippen molar-refractivity contribution in [2.75, 3.05) is 20.3 Å². The van der Waals surface area contributed by atoms with Crippen molar-refractivity contribution in [3.63, 3.8) is 0 Å². The van der Waals surface area contributed by atoms with E-state index in [9.17, 15) is 0 Å². The number of hydrogen-bond donors (Lipinski definition) is 2. The average Bonchev–Trinajstić information content (AvgIpc) is 2.71. The van der Waals surface area contributed by atoms with Gasteiger partial charge in [0.15, 0.2) is 0 Å². The predicted octanol–water partition coefficient (Wildman–Crippen LogP) is 0.425. The molecular formula is C13H19NO2. The molecule has 1 fully saturated rings. The highest BCUT2D eigenvalue weighted by Gasteiger charge is 2.30. The summed E-state index contributed by atoms with van der Waals surface area (Å²) in [7, 11) is 5.78. The largest absolute Gasteiger partial charge is 0.497 e. The molecule has 0 bridgehead atoms. The first-order valence-corrected chi connectivity index (χ1v) is 5.67. The number of nitrogens with one attached hydrogen (secondary N) is 1. The molecule has 0 saturated carbocycles. The van der Waals surface area contributed by atoms with Gasteiger partial charge in [0.1, 0.15) is 5.75 Å². The number of aliphatic hydroxyl groups is 1. The van der Waals surface area contributed by atoms with Crippen LogP contribution in [0.2, 0.25) is 0 Å². The van der Waals surface area contributed by atoms with Crippen molar-refractivity contribution in [3.05, 3.63) is 36.9 Å². The molecular weight excluding hydrogens is 202 g/mol. The third-order valence-electron chi connectivity index (χ3n) is 3.39. The molecule has 3 unspecified atom stereocenters. The molecule has 2 N–H and O–H groups in total. The van der Waals surface area contributed by atoms with E-state index < -0.39 is 0 Å². The van der Waals surface area contributed by atoms with Crippen LogP contribution in [-0.2, 0) is 0 Å². The van der Waals surface area contributed by atoms with Gasteiger partial charge in [0.05, 0.1) is 26.3 Å². The van der Waals surface area contributed by atoms with Gasteiger partial charge in [-0.05, 0) is 24.3 Å². The Bertz CT molecular complexity index is 336. The Balaban J connectivity index is 2.11. The van der Waals surface area contributed by atoms with Crippen LogP contribution in [0, 0.1) is 13.0 Å². The summed E-state index contributed by atoms with van der Waals surface area (Å²) in [5.41, 5.74) is 1.28. The third-order valence-corrected chi connectivity index (χ3v) is 3.39. The molecule has 1 saturated heterocycles. The average molecular weight is 221 g/mol. The van der Waals surface area contributed by atoms with E-state index >= 15 is 0 Å². The maximum atomic E-state index is 9.17. The Morgan fingerprint density at radius 2 is 2.12 bits per heavy atom.